The largest absolute Gasteiger partial charge is 0.361 e. The summed E-state index contributed by atoms with van der Waals surface area (Å²) >= 11 is 6.08. The monoisotopic (exact) mass is 220 g/mol. The Labute approximate surface area is 93.4 Å². The Morgan fingerprint density at radius 2 is 2.13 bits per heavy atom. The van der Waals surface area contributed by atoms with E-state index in [1.54, 1.807) is 0 Å². The van der Waals surface area contributed by atoms with Crippen LogP contribution in [0, 0.1) is 6.92 Å². The van der Waals surface area contributed by atoms with Crippen molar-refractivity contribution in [1.29, 1.82) is 0 Å². The molecule has 0 bridgehead atoms. The third kappa shape index (κ3) is 1.29. The summed E-state index contributed by atoms with van der Waals surface area (Å²) in [5.74, 6) is 0. The molecule has 0 unspecified atom stereocenters. The fourth-order valence-electron chi connectivity index (χ4n) is 2.07. The van der Waals surface area contributed by atoms with E-state index in [-0.39, 0.29) is 5.54 Å². The lowest BCUT2D eigenvalue weighted by molar-refractivity contribution is 0.747. The van der Waals surface area contributed by atoms with Gasteiger partial charge in [0.1, 0.15) is 0 Å². The van der Waals surface area contributed by atoms with E-state index in [2.05, 4.69) is 11.1 Å². The SMILES string of the molecule is Cc1cc2c(C3(N)CC3)c[nH]c2cc1Cl. The summed E-state index contributed by atoms with van der Waals surface area (Å²) in [5.41, 5.74) is 9.55. The first-order valence-corrected chi connectivity index (χ1v) is 5.54. The van der Waals surface area contributed by atoms with Gasteiger partial charge >= 0.3 is 0 Å². The molecule has 15 heavy (non-hydrogen) atoms. The first-order valence-electron chi connectivity index (χ1n) is 5.17. The van der Waals surface area contributed by atoms with Gasteiger partial charge in [-0.25, -0.2) is 0 Å². The molecule has 2 aromatic rings. The quantitative estimate of drug-likeness (QED) is 0.762. The van der Waals surface area contributed by atoms with Crippen molar-refractivity contribution in [3.05, 3.63) is 34.5 Å². The molecule has 1 aromatic heterocycles. The van der Waals surface area contributed by atoms with E-state index in [9.17, 15) is 0 Å². The summed E-state index contributed by atoms with van der Waals surface area (Å²) < 4.78 is 0. The number of nitrogens with one attached hydrogen (secondary N) is 1. The minimum atomic E-state index is -0.0848. The fourth-order valence-corrected chi connectivity index (χ4v) is 2.23. The van der Waals surface area contributed by atoms with Gasteiger partial charge in [0.25, 0.3) is 0 Å². The molecule has 78 valence electrons. The normalized spacial score (nSPS) is 18.3. The highest BCUT2D eigenvalue weighted by Crippen LogP contribution is 2.45. The summed E-state index contributed by atoms with van der Waals surface area (Å²) in [6, 6.07) is 4.10. The lowest BCUT2D eigenvalue weighted by Crippen LogP contribution is -2.17. The Balaban J connectivity index is 2.29. The van der Waals surface area contributed by atoms with Crippen molar-refractivity contribution in [2.24, 2.45) is 5.73 Å². The van der Waals surface area contributed by atoms with Gasteiger partial charge in [-0.2, -0.15) is 0 Å². The zero-order valence-corrected chi connectivity index (χ0v) is 9.36. The molecule has 0 spiro atoms. The van der Waals surface area contributed by atoms with Crippen LogP contribution in [-0.2, 0) is 5.54 Å². The van der Waals surface area contributed by atoms with E-state index in [4.69, 9.17) is 17.3 Å². The lowest BCUT2D eigenvalue weighted by atomic mass is 10.0. The second kappa shape index (κ2) is 2.77. The lowest BCUT2D eigenvalue weighted by Gasteiger charge is -2.07. The predicted octanol–water partition coefficient (Wildman–Crippen LogP) is 3.08. The Bertz CT molecular complexity index is 538. The number of fused-ring (bicyclic) bond motifs is 1. The van der Waals surface area contributed by atoms with Crippen LogP contribution < -0.4 is 5.73 Å². The zero-order chi connectivity index (χ0) is 10.6. The second-order valence-electron chi connectivity index (χ2n) is 4.51. The van der Waals surface area contributed by atoms with E-state index in [1.807, 2.05) is 19.2 Å². The molecule has 0 atom stereocenters. The van der Waals surface area contributed by atoms with Crippen LogP contribution >= 0.6 is 11.6 Å². The van der Waals surface area contributed by atoms with E-state index in [0.717, 1.165) is 28.9 Å². The smallest absolute Gasteiger partial charge is 0.0472 e. The molecular formula is C12H13ClN2. The van der Waals surface area contributed by atoms with Crippen molar-refractivity contribution >= 4 is 22.5 Å². The molecule has 1 aliphatic rings. The van der Waals surface area contributed by atoms with E-state index in [0.29, 0.717) is 0 Å². The Morgan fingerprint density at radius 3 is 2.80 bits per heavy atom. The van der Waals surface area contributed by atoms with Crippen LogP contribution in [0.1, 0.15) is 24.0 Å². The number of aromatic nitrogens is 1. The van der Waals surface area contributed by atoms with Crippen LogP contribution in [0.2, 0.25) is 5.02 Å². The minimum absolute atomic E-state index is 0.0848. The van der Waals surface area contributed by atoms with E-state index >= 15 is 0 Å². The molecule has 0 aliphatic heterocycles. The predicted molar refractivity (Wildman–Crippen MR) is 63.1 cm³/mol. The number of H-pyrrole nitrogens is 1. The van der Waals surface area contributed by atoms with Crippen molar-refractivity contribution in [3.63, 3.8) is 0 Å². The Hall–Kier alpha value is -0.990. The van der Waals surface area contributed by atoms with Crippen molar-refractivity contribution in [2.45, 2.75) is 25.3 Å². The van der Waals surface area contributed by atoms with Crippen LogP contribution in [-0.4, -0.2) is 4.98 Å². The van der Waals surface area contributed by atoms with Gasteiger partial charge in [0.2, 0.25) is 0 Å². The molecular weight excluding hydrogens is 208 g/mol. The van der Waals surface area contributed by atoms with Gasteiger partial charge in [-0.05, 0) is 43.0 Å². The minimum Gasteiger partial charge on any atom is -0.361 e. The van der Waals surface area contributed by atoms with Crippen LogP contribution in [0.15, 0.2) is 18.3 Å². The highest BCUT2D eigenvalue weighted by Gasteiger charge is 2.41. The van der Waals surface area contributed by atoms with Crippen molar-refractivity contribution in [1.82, 2.24) is 4.98 Å². The number of hydrogen-bond donors (Lipinski definition) is 2. The molecule has 3 heteroatoms. The third-order valence-electron chi connectivity index (χ3n) is 3.29. The molecule has 1 aliphatic carbocycles. The summed E-state index contributed by atoms with van der Waals surface area (Å²) in [6.45, 7) is 2.02. The second-order valence-corrected chi connectivity index (χ2v) is 4.91. The number of halogens is 1. The molecule has 0 amide bonds. The number of rotatable bonds is 1. The average Bonchev–Trinajstić information content (AvgIpc) is 2.79. The Kier molecular flexibility index (Phi) is 1.71. The van der Waals surface area contributed by atoms with E-state index < -0.39 is 0 Å². The van der Waals surface area contributed by atoms with Gasteiger partial charge < -0.3 is 10.7 Å². The van der Waals surface area contributed by atoms with Crippen LogP contribution in [0.25, 0.3) is 10.9 Å². The molecule has 0 radical (unpaired) electrons. The fraction of sp³-hybridized carbons (Fsp3) is 0.333. The summed E-state index contributed by atoms with van der Waals surface area (Å²) in [5, 5.41) is 2.02. The Morgan fingerprint density at radius 1 is 1.40 bits per heavy atom. The molecule has 1 fully saturated rings. The number of aromatic amines is 1. The highest BCUT2D eigenvalue weighted by atomic mass is 35.5. The van der Waals surface area contributed by atoms with Crippen LogP contribution in [0.5, 0.6) is 0 Å². The molecule has 1 saturated carbocycles. The van der Waals surface area contributed by atoms with Gasteiger partial charge in [-0.1, -0.05) is 11.6 Å². The standard InChI is InChI=1S/C12H13ClN2/c1-7-4-8-9(12(14)2-3-12)6-15-11(8)5-10(7)13/h4-6,15H,2-3,14H2,1H3. The topological polar surface area (TPSA) is 41.8 Å². The summed E-state index contributed by atoms with van der Waals surface area (Å²) in [7, 11) is 0. The first kappa shape index (κ1) is 9.25. The molecule has 3 N–H and O–H groups in total. The van der Waals surface area contributed by atoms with E-state index in [1.165, 1.54) is 10.9 Å². The van der Waals surface area contributed by atoms with Crippen molar-refractivity contribution in [3.8, 4) is 0 Å². The first-order chi connectivity index (χ1) is 7.10. The summed E-state index contributed by atoms with van der Waals surface area (Å²) in [6.07, 6.45) is 4.19. The van der Waals surface area contributed by atoms with Gasteiger partial charge in [-0.15, -0.1) is 0 Å². The maximum atomic E-state index is 6.21. The third-order valence-corrected chi connectivity index (χ3v) is 3.69. The zero-order valence-electron chi connectivity index (χ0n) is 8.60. The summed E-state index contributed by atoms with van der Waals surface area (Å²) in [4.78, 5) is 3.24. The van der Waals surface area contributed by atoms with Gasteiger partial charge in [-0.3, -0.25) is 0 Å². The molecule has 3 rings (SSSR count). The molecule has 2 nitrogen and oxygen atoms in total. The number of benzene rings is 1. The molecule has 0 saturated heterocycles. The average molecular weight is 221 g/mol. The maximum absolute atomic E-state index is 6.21. The van der Waals surface area contributed by atoms with Crippen LogP contribution in [0.4, 0.5) is 0 Å². The van der Waals surface area contributed by atoms with Gasteiger partial charge in [0, 0.05) is 27.7 Å². The highest BCUT2D eigenvalue weighted by molar-refractivity contribution is 6.32. The van der Waals surface area contributed by atoms with Gasteiger partial charge in [0.05, 0.1) is 0 Å². The number of hydrogen-bond acceptors (Lipinski definition) is 1. The van der Waals surface area contributed by atoms with Gasteiger partial charge in [0.15, 0.2) is 0 Å². The molecule has 1 aromatic carbocycles. The van der Waals surface area contributed by atoms with Crippen molar-refractivity contribution < 1.29 is 0 Å². The number of nitrogens with two attached hydrogens (primary N) is 1. The molecule has 1 heterocycles. The number of aryl methyl sites for hydroxylation is 1. The van der Waals surface area contributed by atoms with Crippen molar-refractivity contribution in [2.75, 3.05) is 0 Å². The maximum Gasteiger partial charge on any atom is 0.0472 e. The van der Waals surface area contributed by atoms with Crippen LogP contribution in [0.3, 0.4) is 0 Å².